The summed E-state index contributed by atoms with van der Waals surface area (Å²) in [7, 11) is 0. The fraction of sp³-hybridized carbons (Fsp3) is 0.0417. The monoisotopic (exact) mass is 394 g/mol. The summed E-state index contributed by atoms with van der Waals surface area (Å²) in [5, 5.41) is 11.7. The Hall–Kier alpha value is -4.19. The molecule has 0 radical (unpaired) electrons. The molecule has 0 saturated heterocycles. The number of ether oxygens (including phenoxy) is 1. The molecule has 0 aliphatic rings. The van der Waals surface area contributed by atoms with Crippen molar-refractivity contribution < 1.29 is 9.84 Å². The number of aromatic hydroxyl groups is 1. The van der Waals surface area contributed by atoms with Crippen LogP contribution < -0.4 is 4.74 Å². The maximum atomic E-state index is 10.1. The number of rotatable bonds is 4. The predicted molar refractivity (Wildman–Crippen MR) is 117 cm³/mol. The molecule has 5 rings (SSSR count). The van der Waals surface area contributed by atoms with Gasteiger partial charge in [-0.25, -0.2) is 0 Å². The number of pyridine rings is 1. The molecule has 0 amide bonds. The number of hydrogen-bond acceptors (Lipinski definition) is 5. The molecule has 0 atom stereocenters. The van der Waals surface area contributed by atoms with Gasteiger partial charge in [0.25, 0.3) is 0 Å². The van der Waals surface area contributed by atoms with Crippen molar-refractivity contribution in [1.82, 2.24) is 19.5 Å². The molecule has 3 aromatic heterocycles. The molecule has 6 heteroatoms. The minimum Gasteiger partial charge on any atom is -0.493 e. The molecule has 0 aliphatic heterocycles. The summed E-state index contributed by atoms with van der Waals surface area (Å²) in [4.78, 5) is 12.4. The van der Waals surface area contributed by atoms with Crippen LogP contribution in [0.4, 0.5) is 0 Å². The van der Waals surface area contributed by atoms with Crippen molar-refractivity contribution >= 4 is 27.4 Å². The van der Waals surface area contributed by atoms with Gasteiger partial charge in [-0.05, 0) is 55.0 Å². The van der Waals surface area contributed by atoms with Crippen LogP contribution >= 0.6 is 0 Å². The van der Waals surface area contributed by atoms with Crippen molar-refractivity contribution in [3.63, 3.8) is 0 Å². The van der Waals surface area contributed by atoms with Crippen LogP contribution in [0.5, 0.6) is 17.6 Å². The average molecular weight is 394 g/mol. The van der Waals surface area contributed by atoms with Crippen LogP contribution in [0.25, 0.3) is 33.1 Å². The smallest absolute Gasteiger partial charge is 0.325 e. The van der Waals surface area contributed by atoms with Gasteiger partial charge in [0.15, 0.2) is 0 Å². The first-order chi connectivity index (χ1) is 14.6. The summed E-state index contributed by atoms with van der Waals surface area (Å²) >= 11 is 0. The number of hydrogen-bond donors (Lipinski definition) is 1. The Bertz CT molecular complexity index is 1420. The lowest BCUT2D eigenvalue weighted by atomic mass is 10.1. The van der Waals surface area contributed by atoms with Gasteiger partial charge in [-0.15, -0.1) is 0 Å². The van der Waals surface area contributed by atoms with Crippen molar-refractivity contribution in [2.24, 2.45) is 0 Å². The highest BCUT2D eigenvalue weighted by molar-refractivity contribution is 5.84. The minimum absolute atomic E-state index is 0.0703. The summed E-state index contributed by atoms with van der Waals surface area (Å²) in [6.07, 6.45) is 5.17. The molecule has 2 aromatic carbocycles. The van der Waals surface area contributed by atoms with E-state index in [0.29, 0.717) is 16.7 Å². The lowest BCUT2D eigenvalue weighted by Crippen LogP contribution is -1.95. The second-order valence-electron chi connectivity index (χ2n) is 7.06. The Balaban J connectivity index is 1.50. The number of nitrogens with zero attached hydrogens (tertiary/aromatic N) is 4. The van der Waals surface area contributed by atoms with E-state index in [1.54, 1.807) is 18.5 Å². The molecule has 0 aliphatic carbocycles. The van der Waals surface area contributed by atoms with E-state index >= 15 is 0 Å². The van der Waals surface area contributed by atoms with Gasteiger partial charge in [-0.1, -0.05) is 24.3 Å². The number of allylic oxidation sites excluding steroid dienone is 1. The number of benzene rings is 2. The molecular formula is C24H18N4O2. The first kappa shape index (κ1) is 17.9. The van der Waals surface area contributed by atoms with E-state index in [4.69, 9.17) is 4.74 Å². The Morgan fingerprint density at radius 3 is 2.83 bits per heavy atom. The van der Waals surface area contributed by atoms with Gasteiger partial charge in [-0.2, -0.15) is 9.97 Å². The van der Waals surface area contributed by atoms with Gasteiger partial charge >= 0.3 is 6.01 Å². The molecule has 146 valence electrons. The van der Waals surface area contributed by atoms with Crippen LogP contribution in [0.2, 0.25) is 0 Å². The van der Waals surface area contributed by atoms with Crippen LogP contribution in [0, 0.1) is 0 Å². The molecule has 30 heavy (non-hydrogen) atoms. The van der Waals surface area contributed by atoms with Crippen LogP contribution in [0.1, 0.15) is 12.5 Å². The summed E-state index contributed by atoms with van der Waals surface area (Å²) in [5.74, 6) is 0.445. The quantitative estimate of drug-likeness (QED) is 0.436. The summed E-state index contributed by atoms with van der Waals surface area (Å²) in [6, 6.07) is 17.8. The molecule has 3 heterocycles. The van der Waals surface area contributed by atoms with E-state index in [9.17, 15) is 5.11 Å². The normalized spacial score (nSPS) is 11.1. The Labute approximate surface area is 172 Å². The zero-order valence-corrected chi connectivity index (χ0v) is 16.3. The number of fused-ring (bicyclic) bond motifs is 2. The van der Waals surface area contributed by atoms with Gasteiger partial charge < -0.3 is 14.4 Å². The SMILES string of the molecule is C=C(C)c1cccc(-n2ccc3cc(Oc4nc(O)c5ccncc5n4)ccc32)c1. The van der Waals surface area contributed by atoms with E-state index < -0.39 is 0 Å². The summed E-state index contributed by atoms with van der Waals surface area (Å²) < 4.78 is 7.93. The van der Waals surface area contributed by atoms with Gasteiger partial charge in [0.1, 0.15) is 5.75 Å². The molecule has 0 bridgehead atoms. The first-order valence-corrected chi connectivity index (χ1v) is 9.44. The molecule has 0 fully saturated rings. The van der Waals surface area contributed by atoms with E-state index in [0.717, 1.165) is 27.7 Å². The molecule has 0 spiro atoms. The van der Waals surface area contributed by atoms with Gasteiger partial charge in [0, 0.05) is 23.5 Å². The Morgan fingerprint density at radius 2 is 1.97 bits per heavy atom. The van der Waals surface area contributed by atoms with Crippen molar-refractivity contribution in [3.8, 4) is 23.3 Å². The topological polar surface area (TPSA) is 73.1 Å². The van der Waals surface area contributed by atoms with Crippen LogP contribution in [-0.2, 0) is 0 Å². The fourth-order valence-electron chi connectivity index (χ4n) is 3.42. The third kappa shape index (κ3) is 3.14. The van der Waals surface area contributed by atoms with Crippen molar-refractivity contribution in [2.75, 3.05) is 0 Å². The van der Waals surface area contributed by atoms with Crippen molar-refractivity contribution in [2.45, 2.75) is 6.92 Å². The van der Waals surface area contributed by atoms with Gasteiger partial charge in [0.05, 0.1) is 22.6 Å². The van der Waals surface area contributed by atoms with Crippen molar-refractivity contribution in [3.05, 3.63) is 85.3 Å². The second-order valence-corrected chi connectivity index (χ2v) is 7.06. The Kier molecular flexibility index (Phi) is 4.17. The van der Waals surface area contributed by atoms with Crippen molar-refractivity contribution in [1.29, 1.82) is 0 Å². The summed E-state index contributed by atoms with van der Waals surface area (Å²) in [5.41, 5.74) is 4.77. The van der Waals surface area contributed by atoms with E-state index in [2.05, 4.69) is 44.3 Å². The van der Waals surface area contributed by atoms with Gasteiger partial charge in [-0.3, -0.25) is 4.98 Å². The lowest BCUT2D eigenvalue weighted by molar-refractivity contribution is 0.412. The molecule has 5 aromatic rings. The third-order valence-electron chi connectivity index (χ3n) is 4.95. The van der Waals surface area contributed by atoms with Gasteiger partial charge in [0.2, 0.25) is 5.88 Å². The van der Waals surface area contributed by atoms with Crippen LogP contribution in [-0.4, -0.2) is 24.6 Å². The molecular weight excluding hydrogens is 376 g/mol. The largest absolute Gasteiger partial charge is 0.493 e. The highest BCUT2D eigenvalue weighted by Crippen LogP contribution is 2.29. The maximum absolute atomic E-state index is 10.1. The fourth-order valence-corrected chi connectivity index (χ4v) is 3.42. The maximum Gasteiger partial charge on any atom is 0.325 e. The highest BCUT2D eigenvalue weighted by atomic mass is 16.5. The van der Waals surface area contributed by atoms with Crippen LogP contribution in [0.15, 0.2) is 79.8 Å². The number of aromatic nitrogens is 4. The average Bonchev–Trinajstić information content (AvgIpc) is 3.17. The van der Waals surface area contributed by atoms with Crippen LogP contribution in [0.3, 0.4) is 0 Å². The predicted octanol–water partition coefficient (Wildman–Crippen LogP) is 5.50. The zero-order valence-electron chi connectivity index (χ0n) is 16.3. The second kappa shape index (κ2) is 7.00. The minimum atomic E-state index is -0.137. The molecule has 0 saturated carbocycles. The third-order valence-corrected chi connectivity index (χ3v) is 4.95. The molecule has 6 nitrogen and oxygen atoms in total. The van der Waals surface area contributed by atoms with E-state index in [1.807, 2.05) is 43.5 Å². The first-order valence-electron chi connectivity index (χ1n) is 9.44. The highest BCUT2D eigenvalue weighted by Gasteiger charge is 2.10. The standard InChI is InChI=1S/C24H18N4O2/c1-15(2)16-4-3-5-18(12-16)28-11-9-17-13-19(6-7-22(17)28)30-24-26-21-14-25-10-8-20(21)23(29)27-24/h3-14H,1H2,2H3,(H,26,27,29). The van der Waals surface area contributed by atoms with E-state index in [-0.39, 0.29) is 11.9 Å². The Morgan fingerprint density at radius 1 is 1.07 bits per heavy atom. The zero-order chi connectivity index (χ0) is 20.7. The summed E-state index contributed by atoms with van der Waals surface area (Å²) in [6.45, 7) is 6.03. The van der Waals surface area contributed by atoms with E-state index in [1.165, 1.54) is 0 Å². The molecule has 1 N–H and O–H groups in total. The molecule has 0 unspecified atom stereocenters. The lowest BCUT2D eigenvalue weighted by Gasteiger charge is -2.09.